The maximum Gasteiger partial charge on any atom is 0.166 e. The molecule has 2 atom stereocenters. The summed E-state index contributed by atoms with van der Waals surface area (Å²) in [6.45, 7) is 6.07. The van der Waals surface area contributed by atoms with E-state index in [1.807, 2.05) is 6.92 Å². The van der Waals surface area contributed by atoms with Gasteiger partial charge < -0.3 is 20.5 Å². The first-order chi connectivity index (χ1) is 13.0. The van der Waals surface area contributed by atoms with Crippen molar-refractivity contribution in [3.05, 3.63) is 60.2 Å². The minimum absolute atomic E-state index is 0.200. The maximum atomic E-state index is 13.9. The average molecular weight is 369 g/mol. The summed E-state index contributed by atoms with van der Waals surface area (Å²) >= 11 is 0. The van der Waals surface area contributed by atoms with Crippen LogP contribution in [0.4, 0.5) is 10.2 Å². The molecule has 0 amide bonds. The van der Waals surface area contributed by atoms with Crippen molar-refractivity contribution >= 4 is 17.2 Å². The summed E-state index contributed by atoms with van der Waals surface area (Å²) in [6, 6.07) is 5.87. The fourth-order valence-electron chi connectivity index (χ4n) is 3.08. The zero-order valence-corrected chi connectivity index (χ0v) is 14.8. The number of ether oxygens (including phenoxy) is 1. The van der Waals surface area contributed by atoms with E-state index in [0.29, 0.717) is 35.0 Å². The van der Waals surface area contributed by atoms with Gasteiger partial charge >= 0.3 is 0 Å². The number of hydrogen-bond donors (Lipinski definition) is 3. The van der Waals surface area contributed by atoms with Gasteiger partial charge in [0, 0.05) is 17.5 Å². The zero-order valence-electron chi connectivity index (χ0n) is 14.8. The monoisotopic (exact) mass is 369 g/mol. The molecular weight excluding hydrogens is 349 g/mol. The van der Waals surface area contributed by atoms with Crippen LogP contribution in [0.2, 0.25) is 0 Å². The van der Waals surface area contributed by atoms with Gasteiger partial charge in [-0.3, -0.25) is 0 Å². The third-order valence-electron chi connectivity index (χ3n) is 4.54. The minimum atomic E-state index is -0.527. The second-order valence-electron chi connectivity index (χ2n) is 6.47. The molecule has 140 valence electrons. The van der Waals surface area contributed by atoms with Crippen LogP contribution in [0.25, 0.3) is 11.3 Å². The highest BCUT2D eigenvalue weighted by molar-refractivity contribution is 5.73. The predicted octanol–water partition coefficient (Wildman–Crippen LogP) is 2.36. The van der Waals surface area contributed by atoms with Crippen LogP contribution in [-0.2, 0) is 0 Å². The minimum Gasteiger partial charge on any atom is -0.486 e. The summed E-state index contributed by atoms with van der Waals surface area (Å²) in [7, 11) is 0. The normalized spacial score (nSPS) is 19.9. The Morgan fingerprint density at radius 3 is 3.07 bits per heavy atom. The van der Waals surface area contributed by atoms with Crippen LogP contribution in [-0.4, -0.2) is 39.0 Å². The molecule has 3 heterocycles. The largest absolute Gasteiger partial charge is 0.486 e. The van der Waals surface area contributed by atoms with Crippen molar-refractivity contribution in [2.24, 2.45) is 0 Å². The lowest BCUT2D eigenvalue weighted by atomic mass is 10.1. The zero-order chi connectivity index (χ0) is 19.0. The van der Waals surface area contributed by atoms with E-state index in [2.05, 4.69) is 27.3 Å². The fourth-order valence-corrected chi connectivity index (χ4v) is 3.08. The number of benzene rings is 1. The van der Waals surface area contributed by atoms with Crippen molar-refractivity contribution in [1.82, 2.24) is 19.9 Å². The van der Waals surface area contributed by atoms with Crippen LogP contribution in [0.1, 0.15) is 24.1 Å². The highest BCUT2D eigenvalue weighted by Gasteiger charge is 2.20. The van der Waals surface area contributed by atoms with Crippen LogP contribution in [0.3, 0.4) is 0 Å². The Labute approximate surface area is 155 Å². The number of rotatable bonds is 1. The van der Waals surface area contributed by atoms with Gasteiger partial charge in [0.25, 0.3) is 0 Å². The van der Waals surface area contributed by atoms with Gasteiger partial charge in [-0.15, -0.1) is 0 Å². The van der Waals surface area contributed by atoms with E-state index in [9.17, 15) is 9.50 Å². The number of nitrogens with zero attached hydrogens (tertiary/aromatic N) is 3. The molecule has 2 aromatic heterocycles. The molecule has 4 rings (SSSR count). The van der Waals surface area contributed by atoms with Crippen LogP contribution in [0.15, 0.2) is 43.2 Å². The molecule has 3 N–H and O–H groups in total. The van der Waals surface area contributed by atoms with Gasteiger partial charge in [-0.1, -0.05) is 6.58 Å². The molecule has 7 nitrogen and oxygen atoms in total. The number of aliphatic hydroxyl groups excluding tert-OH is 1. The molecule has 3 aromatic rings. The van der Waals surface area contributed by atoms with Crippen LogP contribution >= 0.6 is 0 Å². The van der Waals surface area contributed by atoms with E-state index >= 15 is 0 Å². The van der Waals surface area contributed by atoms with Crippen molar-refractivity contribution in [3.63, 3.8) is 0 Å². The number of halogens is 1. The van der Waals surface area contributed by atoms with Crippen molar-refractivity contribution in [2.45, 2.75) is 19.1 Å². The third-order valence-corrected chi connectivity index (χ3v) is 4.54. The fraction of sp³-hybridized carbons (Fsp3) is 0.263. The molecule has 0 spiro atoms. The number of hydrogen-bond acceptors (Lipinski definition) is 6. The summed E-state index contributed by atoms with van der Waals surface area (Å²) < 4.78 is 21.5. The third kappa shape index (κ3) is 3.31. The number of anilines is 1. The molecule has 0 aliphatic carbocycles. The lowest BCUT2D eigenvalue weighted by molar-refractivity contribution is 0.116. The Hall–Kier alpha value is -3.13. The van der Waals surface area contributed by atoms with Crippen molar-refractivity contribution in [2.75, 3.05) is 18.5 Å². The molecule has 0 saturated heterocycles. The van der Waals surface area contributed by atoms with Gasteiger partial charge in [0.2, 0.25) is 0 Å². The first kappa shape index (κ1) is 17.3. The molecule has 0 radical (unpaired) electrons. The average Bonchev–Trinajstić information content (AvgIpc) is 3.08. The van der Waals surface area contributed by atoms with E-state index in [0.717, 1.165) is 5.56 Å². The topological polar surface area (TPSA) is 83.7 Å². The molecule has 1 aromatic carbocycles. The Morgan fingerprint density at radius 1 is 1.41 bits per heavy atom. The van der Waals surface area contributed by atoms with E-state index in [1.54, 1.807) is 29.0 Å². The highest BCUT2D eigenvalue weighted by atomic mass is 19.1. The summed E-state index contributed by atoms with van der Waals surface area (Å²) in [6.07, 6.45) is 2.96. The number of aliphatic hydroxyl groups is 1. The van der Waals surface area contributed by atoms with Gasteiger partial charge in [0.05, 0.1) is 31.0 Å². The molecule has 1 aliphatic heterocycles. The van der Waals surface area contributed by atoms with Gasteiger partial charge in [-0.05, 0) is 31.2 Å². The van der Waals surface area contributed by atoms with Crippen LogP contribution in [0, 0.1) is 5.82 Å². The molecule has 0 fully saturated rings. The second-order valence-corrected chi connectivity index (χ2v) is 6.47. The van der Waals surface area contributed by atoms with E-state index < -0.39 is 6.10 Å². The summed E-state index contributed by atoms with van der Waals surface area (Å²) in [5.74, 6) is 0.771. The van der Waals surface area contributed by atoms with Crippen molar-refractivity contribution < 1.29 is 14.2 Å². The predicted molar refractivity (Wildman–Crippen MR) is 100.0 cm³/mol. The number of aromatic nitrogens is 3. The highest BCUT2D eigenvalue weighted by Crippen LogP contribution is 2.30. The Kier molecular flexibility index (Phi) is 4.41. The summed E-state index contributed by atoms with van der Waals surface area (Å²) in [4.78, 5) is 4.62. The van der Waals surface area contributed by atoms with Gasteiger partial charge in [-0.2, -0.15) is 5.10 Å². The first-order valence-electron chi connectivity index (χ1n) is 8.66. The lowest BCUT2D eigenvalue weighted by Crippen LogP contribution is -2.33. The lowest BCUT2D eigenvalue weighted by Gasteiger charge is -2.23. The molecular formula is C19H20FN5O2. The van der Waals surface area contributed by atoms with Gasteiger partial charge in [-0.25, -0.2) is 13.9 Å². The maximum absolute atomic E-state index is 13.9. The van der Waals surface area contributed by atoms with Crippen molar-refractivity contribution in [3.8, 4) is 5.75 Å². The summed E-state index contributed by atoms with van der Waals surface area (Å²) in [5, 5.41) is 20.4. The van der Waals surface area contributed by atoms with E-state index in [1.165, 1.54) is 12.1 Å². The Morgan fingerprint density at radius 2 is 2.26 bits per heavy atom. The molecule has 27 heavy (non-hydrogen) atoms. The van der Waals surface area contributed by atoms with Gasteiger partial charge in [0.1, 0.15) is 23.5 Å². The standard InChI is InChI=1S/C19H20FN5O2/c1-11-16-9-22-25-6-5-18(24-19(16)25)23-12(2)15-7-13(20)3-4-17(15)27-14(10-26)8-21-11/h3-7,9,12,14,21,26H,1,8,10H2,2H3,(H,23,24)/t12-,14+/m1/s1. The van der Waals surface area contributed by atoms with Crippen molar-refractivity contribution in [1.29, 1.82) is 0 Å². The quantitative estimate of drug-likeness (QED) is 0.611. The summed E-state index contributed by atoms with van der Waals surface area (Å²) in [5.41, 5.74) is 2.67. The van der Waals surface area contributed by atoms with E-state index in [-0.39, 0.29) is 18.5 Å². The van der Waals surface area contributed by atoms with Crippen LogP contribution < -0.4 is 15.4 Å². The molecule has 0 unspecified atom stereocenters. The van der Waals surface area contributed by atoms with E-state index in [4.69, 9.17) is 4.74 Å². The van der Waals surface area contributed by atoms with Crippen LogP contribution in [0.5, 0.6) is 5.75 Å². The molecule has 8 heteroatoms. The number of fused-ring (bicyclic) bond motifs is 2. The molecule has 0 saturated carbocycles. The molecule has 2 bridgehead atoms. The second kappa shape index (κ2) is 6.88. The van der Waals surface area contributed by atoms with Gasteiger partial charge in [0.15, 0.2) is 5.65 Å². The first-order valence-corrected chi connectivity index (χ1v) is 8.66. The smallest absolute Gasteiger partial charge is 0.166 e. The Balaban J connectivity index is 1.82. The Bertz CT molecular complexity index is 1000. The molecule has 1 aliphatic rings. The number of nitrogens with one attached hydrogen (secondary N) is 2. The SMILES string of the molecule is C=C1NC[C@@H](CO)Oc2ccc(F)cc2[C@@H](C)Nc2ccn3ncc1c3n2.